The minimum Gasteiger partial charge on any atom is -0.469 e. The molecule has 0 bridgehead atoms. The Labute approximate surface area is 171 Å². The van der Waals surface area contributed by atoms with Crippen LogP contribution < -0.4 is 16.0 Å². The Hall–Kier alpha value is -2.57. The number of halogens is 1. The maximum atomic E-state index is 12.4. The van der Waals surface area contributed by atoms with Gasteiger partial charge < -0.3 is 15.8 Å². The van der Waals surface area contributed by atoms with Crippen molar-refractivity contribution >= 4 is 30.1 Å². The number of amides is 2. The molecule has 1 aliphatic rings. The second-order valence-corrected chi connectivity index (χ2v) is 6.60. The molecule has 1 aliphatic heterocycles. The summed E-state index contributed by atoms with van der Waals surface area (Å²) in [6.07, 6.45) is 1.77. The molecule has 150 valence electrons. The number of nitrogens with zero attached hydrogens (tertiary/aromatic N) is 1. The van der Waals surface area contributed by atoms with Gasteiger partial charge in [-0.1, -0.05) is 36.4 Å². The Kier molecular flexibility index (Phi) is 7.84. The van der Waals surface area contributed by atoms with Crippen molar-refractivity contribution in [3.63, 3.8) is 0 Å². The van der Waals surface area contributed by atoms with Gasteiger partial charge in [0, 0.05) is 18.7 Å². The highest BCUT2D eigenvalue weighted by Crippen LogP contribution is 2.31. The van der Waals surface area contributed by atoms with Gasteiger partial charge in [0.15, 0.2) is 0 Å². The molecule has 0 aromatic heterocycles. The van der Waals surface area contributed by atoms with E-state index < -0.39 is 0 Å². The lowest BCUT2D eigenvalue weighted by Crippen LogP contribution is -2.29. The maximum absolute atomic E-state index is 12.4. The van der Waals surface area contributed by atoms with Crippen LogP contribution in [-0.2, 0) is 22.4 Å². The number of aryl methyl sites for hydroxylation is 1. The molecule has 1 unspecified atom stereocenters. The highest BCUT2D eigenvalue weighted by atomic mass is 35.5. The minimum atomic E-state index is -0.226. The van der Waals surface area contributed by atoms with Crippen molar-refractivity contribution in [3.05, 3.63) is 65.2 Å². The first-order chi connectivity index (χ1) is 13.1. The maximum Gasteiger partial charge on any atom is 0.322 e. The van der Waals surface area contributed by atoms with Crippen LogP contribution in [0.5, 0.6) is 0 Å². The average Bonchev–Trinajstić information content (AvgIpc) is 3.08. The number of anilines is 1. The molecule has 2 aromatic carbocycles. The van der Waals surface area contributed by atoms with E-state index >= 15 is 0 Å². The van der Waals surface area contributed by atoms with Crippen LogP contribution in [0.2, 0.25) is 0 Å². The molecule has 0 spiro atoms. The van der Waals surface area contributed by atoms with Crippen molar-refractivity contribution in [1.29, 1.82) is 0 Å². The molecular weight excluding hydrogens is 378 g/mol. The first-order valence-corrected chi connectivity index (χ1v) is 9.14. The van der Waals surface area contributed by atoms with Gasteiger partial charge in [-0.2, -0.15) is 0 Å². The Balaban J connectivity index is 0.00000280. The third-order valence-corrected chi connectivity index (χ3v) is 4.81. The van der Waals surface area contributed by atoms with Crippen molar-refractivity contribution in [1.82, 2.24) is 5.32 Å². The van der Waals surface area contributed by atoms with Gasteiger partial charge in [-0.3, -0.25) is 9.69 Å². The average molecular weight is 404 g/mol. The molecule has 1 fully saturated rings. The summed E-state index contributed by atoms with van der Waals surface area (Å²) < 4.78 is 4.67. The molecule has 1 heterocycles. The number of esters is 1. The number of nitrogens with one attached hydrogen (secondary N) is 1. The van der Waals surface area contributed by atoms with E-state index in [1.807, 2.05) is 36.4 Å². The lowest BCUT2D eigenvalue weighted by atomic mass is 10.0. The van der Waals surface area contributed by atoms with Crippen LogP contribution in [0.15, 0.2) is 48.5 Å². The van der Waals surface area contributed by atoms with E-state index in [4.69, 9.17) is 5.73 Å². The Morgan fingerprint density at radius 3 is 2.61 bits per heavy atom. The summed E-state index contributed by atoms with van der Waals surface area (Å²) in [5, 5.41) is 2.93. The largest absolute Gasteiger partial charge is 0.469 e. The lowest BCUT2D eigenvalue weighted by Gasteiger charge is -2.24. The standard InChI is InChI=1S/C21H25N3O3.ClH/c1-27-20(25)10-7-15-5-8-18(9-6-15)24-19(14-23-21(24)26)17-4-2-3-16(13-17)11-12-22;/h2-6,8-9,13,19H,7,10-12,14,22H2,1H3,(H,23,26);1H. The van der Waals surface area contributed by atoms with E-state index in [0.29, 0.717) is 25.9 Å². The number of benzene rings is 2. The normalized spacial score (nSPS) is 15.7. The zero-order valence-corrected chi connectivity index (χ0v) is 16.7. The zero-order valence-electron chi connectivity index (χ0n) is 15.9. The highest BCUT2D eigenvalue weighted by molar-refractivity contribution is 5.95. The van der Waals surface area contributed by atoms with Crippen LogP contribution in [0.3, 0.4) is 0 Å². The van der Waals surface area contributed by atoms with Crippen LogP contribution in [0.25, 0.3) is 0 Å². The van der Waals surface area contributed by atoms with Crippen molar-refractivity contribution in [2.45, 2.75) is 25.3 Å². The fourth-order valence-corrected chi connectivity index (χ4v) is 3.36. The molecule has 3 N–H and O–H groups in total. The number of carbonyl (C=O) groups excluding carboxylic acids is 2. The molecule has 6 nitrogen and oxygen atoms in total. The predicted octanol–water partition coefficient (Wildman–Crippen LogP) is 2.99. The van der Waals surface area contributed by atoms with Crippen LogP contribution in [-0.4, -0.2) is 32.2 Å². The van der Waals surface area contributed by atoms with Gasteiger partial charge in [-0.15, -0.1) is 12.4 Å². The van der Waals surface area contributed by atoms with Crippen LogP contribution >= 0.6 is 12.4 Å². The third kappa shape index (κ3) is 5.03. The summed E-state index contributed by atoms with van der Waals surface area (Å²) in [5.41, 5.74) is 9.80. The molecule has 2 amide bonds. The number of nitrogens with two attached hydrogens (primary N) is 1. The van der Waals surface area contributed by atoms with Gasteiger partial charge in [0.25, 0.3) is 0 Å². The van der Waals surface area contributed by atoms with E-state index in [1.165, 1.54) is 12.7 Å². The Morgan fingerprint density at radius 1 is 1.18 bits per heavy atom. The van der Waals surface area contributed by atoms with E-state index in [0.717, 1.165) is 23.2 Å². The summed E-state index contributed by atoms with van der Waals surface area (Å²) >= 11 is 0. The summed E-state index contributed by atoms with van der Waals surface area (Å²) in [4.78, 5) is 25.5. The van der Waals surface area contributed by atoms with Crippen molar-refractivity contribution in [2.75, 3.05) is 25.1 Å². The fourth-order valence-electron chi connectivity index (χ4n) is 3.36. The molecule has 0 saturated carbocycles. The molecule has 1 atom stereocenters. The Bertz CT molecular complexity index is 811. The summed E-state index contributed by atoms with van der Waals surface area (Å²) in [6.45, 7) is 1.16. The lowest BCUT2D eigenvalue weighted by molar-refractivity contribution is -0.140. The van der Waals surface area contributed by atoms with Crippen LogP contribution in [0.1, 0.15) is 29.2 Å². The van der Waals surface area contributed by atoms with Gasteiger partial charge >= 0.3 is 12.0 Å². The smallest absolute Gasteiger partial charge is 0.322 e. The monoisotopic (exact) mass is 403 g/mol. The number of ether oxygens (including phenoxy) is 1. The molecule has 0 radical (unpaired) electrons. The number of carbonyl (C=O) groups is 2. The second-order valence-electron chi connectivity index (χ2n) is 6.60. The van der Waals surface area contributed by atoms with Crippen LogP contribution in [0.4, 0.5) is 10.5 Å². The minimum absolute atomic E-state index is 0. The van der Waals surface area contributed by atoms with Crippen molar-refractivity contribution < 1.29 is 14.3 Å². The van der Waals surface area contributed by atoms with E-state index in [2.05, 4.69) is 22.2 Å². The molecule has 3 rings (SSSR count). The predicted molar refractivity (Wildman–Crippen MR) is 112 cm³/mol. The van der Waals surface area contributed by atoms with Gasteiger partial charge in [0.2, 0.25) is 0 Å². The van der Waals surface area contributed by atoms with E-state index in [-0.39, 0.29) is 30.4 Å². The second kappa shape index (κ2) is 10.1. The van der Waals surface area contributed by atoms with Crippen LogP contribution in [0, 0.1) is 0 Å². The number of methoxy groups -OCH3 is 1. The van der Waals surface area contributed by atoms with Gasteiger partial charge in [0.05, 0.1) is 13.2 Å². The topological polar surface area (TPSA) is 84.7 Å². The van der Waals surface area contributed by atoms with E-state index in [1.54, 1.807) is 4.90 Å². The van der Waals surface area contributed by atoms with Crippen molar-refractivity contribution in [3.8, 4) is 0 Å². The zero-order chi connectivity index (χ0) is 19.2. The third-order valence-electron chi connectivity index (χ3n) is 4.81. The Morgan fingerprint density at radius 2 is 1.93 bits per heavy atom. The molecule has 28 heavy (non-hydrogen) atoms. The SMILES string of the molecule is COC(=O)CCc1ccc(N2C(=O)NCC2c2cccc(CCN)c2)cc1.Cl. The fraction of sp³-hybridized carbons (Fsp3) is 0.333. The van der Waals surface area contributed by atoms with Gasteiger partial charge in [-0.05, 0) is 48.2 Å². The van der Waals surface area contributed by atoms with Crippen molar-refractivity contribution in [2.24, 2.45) is 5.73 Å². The number of rotatable bonds is 7. The first-order valence-electron chi connectivity index (χ1n) is 9.14. The molecule has 2 aromatic rings. The molecule has 0 aliphatic carbocycles. The highest BCUT2D eigenvalue weighted by Gasteiger charge is 2.33. The van der Waals surface area contributed by atoms with Gasteiger partial charge in [-0.25, -0.2) is 4.79 Å². The number of urea groups is 1. The number of hydrogen-bond acceptors (Lipinski definition) is 4. The molecule has 7 heteroatoms. The number of hydrogen-bond donors (Lipinski definition) is 2. The summed E-state index contributed by atoms with van der Waals surface area (Å²) in [6, 6.07) is 15.8. The quantitative estimate of drug-likeness (QED) is 0.696. The summed E-state index contributed by atoms with van der Waals surface area (Å²) in [7, 11) is 1.39. The summed E-state index contributed by atoms with van der Waals surface area (Å²) in [5.74, 6) is -0.226. The molecule has 1 saturated heterocycles. The molecular formula is C21H26ClN3O3. The van der Waals surface area contributed by atoms with E-state index in [9.17, 15) is 9.59 Å². The van der Waals surface area contributed by atoms with Gasteiger partial charge in [0.1, 0.15) is 0 Å². The first kappa shape index (κ1) is 21.7.